The van der Waals surface area contributed by atoms with Gasteiger partial charge in [-0.15, -0.1) is 0 Å². The van der Waals surface area contributed by atoms with Crippen LogP contribution in [-0.2, 0) is 9.59 Å². The van der Waals surface area contributed by atoms with Gasteiger partial charge in [0.15, 0.2) is 0 Å². The fourth-order valence-corrected chi connectivity index (χ4v) is 6.55. The van der Waals surface area contributed by atoms with Crippen molar-refractivity contribution in [3.63, 3.8) is 0 Å². The molecular formula is C30H30N2O4. The van der Waals surface area contributed by atoms with Crippen molar-refractivity contribution >= 4 is 34.0 Å². The van der Waals surface area contributed by atoms with Crippen molar-refractivity contribution in [3.8, 4) is 0 Å². The lowest BCUT2D eigenvalue weighted by atomic mass is 9.65. The molecule has 3 N–H and O–H groups in total. The molecule has 0 aromatic heterocycles. The maximum absolute atomic E-state index is 13.7. The Balaban J connectivity index is 1.43. The number of Topliss-reactive ketones (excluding diaryl/α,β-unsaturated/α-hetero) is 2. The SMILES string of the molecule is O=C(CC(NC1CC1)(C(=O)O)C1c2ccccc2NC2CCCC21)C(=O)c1cccc2ccccc12. The lowest BCUT2D eigenvalue weighted by Gasteiger charge is -2.46. The van der Waals surface area contributed by atoms with Gasteiger partial charge >= 0.3 is 5.97 Å². The molecule has 3 aromatic carbocycles. The minimum absolute atomic E-state index is 0.0449. The molecule has 0 radical (unpaired) electrons. The van der Waals surface area contributed by atoms with Gasteiger partial charge in [0.25, 0.3) is 0 Å². The summed E-state index contributed by atoms with van der Waals surface area (Å²) >= 11 is 0. The van der Waals surface area contributed by atoms with Crippen LogP contribution in [0.1, 0.15) is 60.4 Å². The summed E-state index contributed by atoms with van der Waals surface area (Å²) in [4.78, 5) is 40.5. The Morgan fingerprint density at radius 1 is 0.917 bits per heavy atom. The Morgan fingerprint density at radius 2 is 1.67 bits per heavy atom. The number of ketones is 2. The summed E-state index contributed by atoms with van der Waals surface area (Å²) in [6, 6.07) is 20.8. The van der Waals surface area contributed by atoms with E-state index >= 15 is 0 Å². The van der Waals surface area contributed by atoms with E-state index < -0.39 is 29.0 Å². The summed E-state index contributed by atoms with van der Waals surface area (Å²) in [5.41, 5.74) is 0.626. The predicted octanol–water partition coefficient (Wildman–Crippen LogP) is 4.94. The van der Waals surface area contributed by atoms with Crippen LogP contribution in [0.2, 0.25) is 0 Å². The maximum atomic E-state index is 13.7. The van der Waals surface area contributed by atoms with Crippen molar-refractivity contribution in [1.82, 2.24) is 5.32 Å². The van der Waals surface area contributed by atoms with Gasteiger partial charge in [0.05, 0.1) is 0 Å². The molecule has 2 saturated carbocycles. The van der Waals surface area contributed by atoms with Gasteiger partial charge in [-0.05, 0) is 54.0 Å². The zero-order chi connectivity index (χ0) is 24.9. The van der Waals surface area contributed by atoms with Crippen LogP contribution in [0.25, 0.3) is 10.8 Å². The smallest absolute Gasteiger partial charge is 0.325 e. The molecule has 0 spiro atoms. The van der Waals surface area contributed by atoms with Gasteiger partial charge in [0.2, 0.25) is 11.6 Å². The van der Waals surface area contributed by atoms with Crippen LogP contribution in [0.3, 0.4) is 0 Å². The van der Waals surface area contributed by atoms with E-state index in [4.69, 9.17) is 0 Å². The molecule has 36 heavy (non-hydrogen) atoms. The monoisotopic (exact) mass is 482 g/mol. The third-order valence-corrected chi connectivity index (χ3v) is 8.31. The van der Waals surface area contributed by atoms with Crippen LogP contribution in [-0.4, -0.2) is 40.3 Å². The van der Waals surface area contributed by atoms with Crippen molar-refractivity contribution in [2.45, 2.75) is 62.1 Å². The van der Waals surface area contributed by atoms with Crippen molar-refractivity contribution in [1.29, 1.82) is 0 Å². The highest BCUT2D eigenvalue weighted by Crippen LogP contribution is 2.52. The molecule has 2 aliphatic carbocycles. The molecule has 6 rings (SSSR count). The van der Waals surface area contributed by atoms with E-state index in [2.05, 4.69) is 10.6 Å². The van der Waals surface area contributed by atoms with Gasteiger partial charge in [0.1, 0.15) is 5.54 Å². The molecule has 3 aliphatic rings. The van der Waals surface area contributed by atoms with E-state index in [9.17, 15) is 19.5 Å². The van der Waals surface area contributed by atoms with Crippen LogP contribution in [0.15, 0.2) is 66.7 Å². The molecule has 1 heterocycles. The third kappa shape index (κ3) is 3.80. The molecule has 4 unspecified atom stereocenters. The average Bonchev–Trinajstić information content (AvgIpc) is 3.59. The zero-order valence-corrected chi connectivity index (χ0v) is 20.1. The van der Waals surface area contributed by atoms with Crippen molar-refractivity contribution in [2.75, 3.05) is 5.32 Å². The summed E-state index contributed by atoms with van der Waals surface area (Å²) in [7, 11) is 0. The normalized spacial score (nSPS) is 24.3. The summed E-state index contributed by atoms with van der Waals surface area (Å²) in [5, 5.41) is 19.4. The largest absolute Gasteiger partial charge is 0.480 e. The Hall–Kier alpha value is -3.51. The second-order valence-electron chi connectivity index (χ2n) is 10.6. The van der Waals surface area contributed by atoms with Crippen molar-refractivity contribution < 1.29 is 19.5 Å². The second-order valence-corrected chi connectivity index (χ2v) is 10.6. The van der Waals surface area contributed by atoms with Gasteiger partial charge < -0.3 is 10.4 Å². The van der Waals surface area contributed by atoms with Gasteiger partial charge in [-0.1, -0.05) is 67.1 Å². The third-order valence-electron chi connectivity index (χ3n) is 8.31. The Bertz CT molecular complexity index is 1360. The molecule has 3 aromatic rings. The molecular weight excluding hydrogens is 452 g/mol. The predicted molar refractivity (Wildman–Crippen MR) is 138 cm³/mol. The minimum Gasteiger partial charge on any atom is -0.480 e. The molecule has 6 nitrogen and oxygen atoms in total. The first-order chi connectivity index (χ1) is 17.5. The van der Waals surface area contributed by atoms with Crippen LogP contribution in [0, 0.1) is 5.92 Å². The summed E-state index contributed by atoms with van der Waals surface area (Å²) in [6.07, 6.45) is 4.25. The first-order valence-corrected chi connectivity index (χ1v) is 12.9. The number of hydrogen-bond acceptors (Lipinski definition) is 5. The topological polar surface area (TPSA) is 95.5 Å². The highest BCUT2D eigenvalue weighted by Gasteiger charge is 2.57. The summed E-state index contributed by atoms with van der Waals surface area (Å²) in [5.74, 6) is -2.68. The summed E-state index contributed by atoms with van der Waals surface area (Å²) in [6.45, 7) is 0. The number of rotatable bonds is 8. The molecule has 0 amide bonds. The highest BCUT2D eigenvalue weighted by molar-refractivity contribution is 6.46. The van der Waals surface area contributed by atoms with Crippen molar-refractivity contribution in [3.05, 3.63) is 77.9 Å². The fraction of sp³-hybridized carbons (Fsp3) is 0.367. The number of carboxylic acids is 1. The molecule has 2 fully saturated rings. The zero-order valence-electron chi connectivity index (χ0n) is 20.1. The van der Waals surface area contributed by atoms with Crippen molar-refractivity contribution in [2.24, 2.45) is 5.92 Å². The Morgan fingerprint density at radius 3 is 2.47 bits per heavy atom. The molecule has 4 atom stereocenters. The van der Waals surface area contributed by atoms with E-state index in [0.29, 0.717) is 10.9 Å². The molecule has 184 valence electrons. The fourth-order valence-electron chi connectivity index (χ4n) is 6.55. The Kier molecular flexibility index (Phi) is 5.64. The number of carbonyl (C=O) groups excluding carboxylic acids is 2. The quantitative estimate of drug-likeness (QED) is 0.311. The van der Waals surface area contributed by atoms with Gasteiger partial charge in [-0.3, -0.25) is 19.7 Å². The van der Waals surface area contributed by atoms with Crippen LogP contribution >= 0.6 is 0 Å². The molecule has 6 heteroatoms. The van der Waals surface area contributed by atoms with Gasteiger partial charge in [-0.25, -0.2) is 0 Å². The highest BCUT2D eigenvalue weighted by atomic mass is 16.4. The first-order valence-electron chi connectivity index (χ1n) is 12.9. The van der Waals surface area contributed by atoms with E-state index in [1.165, 1.54) is 0 Å². The van der Waals surface area contributed by atoms with Crippen LogP contribution < -0.4 is 10.6 Å². The standard InChI is InChI=1S/C30H30N2O4/c33-26(28(34)21-11-5-8-18-7-1-2-9-20(18)21)17-30(29(35)36,32-19-15-16-19)27-22-10-3-4-13-24(22)31-25-14-6-12-23(25)27/h1-5,7-11,13,19,23,25,27,31-32H,6,12,14-17H2,(H,35,36). The molecule has 0 bridgehead atoms. The van der Waals surface area contributed by atoms with E-state index in [1.54, 1.807) is 12.1 Å². The number of nitrogens with one attached hydrogen (secondary N) is 2. The van der Waals surface area contributed by atoms with E-state index in [0.717, 1.165) is 48.7 Å². The number of para-hydroxylation sites is 1. The summed E-state index contributed by atoms with van der Waals surface area (Å²) < 4.78 is 0. The van der Waals surface area contributed by atoms with Gasteiger partial charge in [0, 0.05) is 35.7 Å². The minimum atomic E-state index is -1.55. The van der Waals surface area contributed by atoms with Crippen LogP contribution in [0.5, 0.6) is 0 Å². The second kappa shape index (κ2) is 8.86. The van der Waals surface area contributed by atoms with Crippen LogP contribution in [0.4, 0.5) is 5.69 Å². The molecule has 0 saturated heterocycles. The number of anilines is 1. The van der Waals surface area contributed by atoms with E-state index in [1.807, 2.05) is 54.6 Å². The van der Waals surface area contributed by atoms with E-state index in [-0.39, 0.29) is 24.4 Å². The maximum Gasteiger partial charge on any atom is 0.325 e. The lowest BCUT2D eigenvalue weighted by molar-refractivity contribution is -0.149. The Labute approximate surface area is 210 Å². The first kappa shape index (κ1) is 22.9. The number of benzene rings is 3. The number of aliphatic carboxylic acids is 1. The number of carboxylic acid groups (broad SMARTS) is 1. The number of fused-ring (bicyclic) bond motifs is 3. The van der Waals surface area contributed by atoms with Gasteiger partial charge in [-0.2, -0.15) is 0 Å². The molecule has 1 aliphatic heterocycles. The number of carbonyl (C=O) groups is 3. The average molecular weight is 483 g/mol. The number of hydrogen-bond donors (Lipinski definition) is 3. The lowest BCUT2D eigenvalue weighted by Crippen LogP contribution is -2.62.